The molecule has 2 aromatic rings. The van der Waals surface area contributed by atoms with E-state index in [2.05, 4.69) is 28.4 Å². The van der Waals surface area contributed by atoms with Gasteiger partial charge in [-0.2, -0.15) is 5.26 Å². The molecule has 0 bridgehead atoms. The molecule has 0 unspecified atom stereocenters. The lowest BCUT2D eigenvalue weighted by molar-refractivity contribution is 0.0284. The number of nitrogens with one attached hydrogen (secondary N) is 1. The van der Waals surface area contributed by atoms with Crippen molar-refractivity contribution in [2.75, 3.05) is 18.5 Å². The molecule has 2 aromatic heterocycles. The van der Waals surface area contributed by atoms with Gasteiger partial charge in [-0.1, -0.05) is 18.5 Å². The van der Waals surface area contributed by atoms with Crippen LogP contribution in [-0.2, 0) is 10.2 Å². The maximum Gasteiger partial charge on any atom is 0.241 e. The Morgan fingerprint density at radius 1 is 1.56 bits per heavy atom. The van der Waals surface area contributed by atoms with Crippen molar-refractivity contribution in [1.82, 2.24) is 14.6 Å². The Kier molecular flexibility index (Phi) is 4.05. The van der Waals surface area contributed by atoms with Crippen molar-refractivity contribution in [3.63, 3.8) is 0 Å². The van der Waals surface area contributed by atoms with Crippen LogP contribution in [0.1, 0.15) is 43.9 Å². The van der Waals surface area contributed by atoms with Crippen LogP contribution >= 0.6 is 11.6 Å². The van der Waals surface area contributed by atoms with Crippen molar-refractivity contribution in [2.24, 2.45) is 0 Å². The number of nitrogens with zero attached hydrogens (tertiary/aromatic N) is 4. The molecule has 3 heterocycles. The van der Waals surface area contributed by atoms with E-state index in [9.17, 15) is 9.65 Å². The third kappa shape index (κ3) is 2.64. The summed E-state index contributed by atoms with van der Waals surface area (Å²) in [5.74, 6) is 0.339. The van der Waals surface area contributed by atoms with Crippen LogP contribution in [0.25, 0.3) is 5.52 Å². The lowest BCUT2D eigenvalue weighted by Crippen LogP contribution is -2.39. The van der Waals surface area contributed by atoms with E-state index >= 15 is 0 Å². The average molecular weight is 364 g/mol. The Morgan fingerprint density at radius 2 is 2.36 bits per heavy atom. The average Bonchev–Trinajstić information content (AvgIpc) is 3.36. The minimum Gasteiger partial charge on any atom is -0.378 e. The van der Waals surface area contributed by atoms with Gasteiger partial charge in [0.1, 0.15) is 17.8 Å². The van der Waals surface area contributed by atoms with E-state index in [-0.39, 0.29) is 18.1 Å². The van der Waals surface area contributed by atoms with E-state index in [4.69, 9.17) is 16.3 Å². The number of alkyl halides is 1. The fourth-order valence-corrected chi connectivity index (χ4v) is 3.87. The molecule has 1 aliphatic carbocycles. The molecule has 1 aliphatic heterocycles. The Balaban J connectivity index is 1.77. The first-order chi connectivity index (χ1) is 12.1. The summed E-state index contributed by atoms with van der Waals surface area (Å²) < 4.78 is 20.8. The highest BCUT2D eigenvalue weighted by atomic mass is 35.5. The van der Waals surface area contributed by atoms with Gasteiger partial charge >= 0.3 is 0 Å². The minimum absolute atomic E-state index is 0.0476. The van der Waals surface area contributed by atoms with Gasteiger partial charge in [0.2, 0.25) is 5.95 Å². The van der Waals surface area contributed by atoms with Crippen LogP contribution in [0.4, 0.5) is 10.3 Å². The predicted octanol–water partition coefficient (Wildman–Crippen LogP) is 3.23. The zero-order chi connectivity index (χ0) is 17.6. The van der Waals surface area contributed by atoms with E-state index in [1.807, 2.05) is 0 Å². The molecule has 1 saturated carbocycles. The SMILES string of the molecule is CCC1(c2c(C#N)c(Cl)c3cnc(N[C@@H]4CCOC[C@H]4F)nn23)CC1. The molecule has 6 nitrogen and oxygen atoms in total. The first-order valence-electron chi connectivity index (χ1n) is 8.56. The van der Waals surface area contributed by atoms with Gasteiger partial charge in [-0.3, -0.25) is 0 Å². The lowest BCUT2D eigenvalue weighted by atomic mass is 9.96. The monoisotopic (exact) mass is 363 g/mol. The molecule has 0 aromatic carbocycles. The van der Waals surface area contributed by atoms with Crippen LogP contribution in [0.15, 0.2) is 6.20 Å². The van der Waals surface area contributed by atoms with Crippen molar-refractivity contribution in [2.45, 2.75) is 50.2 Å². The predicted molar refractivity (Wildman–Crippen MR) is 91.7 cm³/mol. The van der Waals surface area contributed by atoms with Gasteiger partial charge in [0.05, 0.1) is 35.1 Å². The molecule has 2 atom stereocenters. The smallest absolute Gasteiger partial charge is 0.241 e. The zero-order valence-electron chi connectivity index (χ0n) is 13.9. The summed E-state index contributed by atoms with van der Waals surface area (Å²) in [5, 5.41) is 17.6. The molecule has 25 heavy (non-hydrogen) atoms. The normalized spacial score (nSPS) is 24.9. The maximum atomic E-state index is 14.0. The summed E-state index contributed by atoms with van der Waals surface area (Å²) in [6.45, 7) is 2.70. The standard InChI is InChI=1S/C17H19ClFN5O/c1-2-17(4-5-17)15-10(7-20)14(18)13-8-21-16(23-24(13)15)22-12-3-6-25-9-11(12)19/h8,11-12H,2-6,9H2,1H3,(H,22,23)/t11-,12-/m1/s1. The highest BCUT2D eigenvalue weighted by Crippen LogP contribution is 2.53. The van der Waals surface area contributed by atoms with Crippen molar-refractivity contribution >= 4 is 23.1 Å². The molecule has 1 N–H and O–H groups in total. The molecule has 0 amide bonds. The number of anilines is 1. The molecule has 0 radical (unpaired) electrons. The second-order valence-corrected chi connectivity index (χ2v) is 7.17. The van der Waals surface area contributed by atoms with Gasteiger partial charge in [-0.25, -0.2) is 13.9 Å². The largest absolute Gasteiger partial charge is 0.378 e. The Hall–Kier alpha value is -1.91. The quantitative estimate of drug-likeness (QED) is 0.902. The molecule has 132 valence electrons. The van der Waals surface area contributed by atoms with Gasteiger partial charge in [0.15, 0.2) is 0 Å². The highest BCUT2D eigenvalue weighted by molar-refractivity contribution is 6.35. The van der Waals surface area contributed by atoms with Gasteiger partial charge in [0, 0.05) is 12.0 Å². The van der Waals surface area contributed by atoms with E-state index in [1.165, 1.54) is 0 Å². The number of nitriles is 1. The Bertz CT molecular complexity index is 857. The summed E-state index contributed by atoms with van der Waals surface area (Å²) in [7, 11) is 0. The second kappa shape index (κ2) is 6.11. The zero-order valence-corrected chi connectivity index (χ0v) is 14.7. The molecule has 2 fully saturated rings. The molecule has 1 saturated heterocycles. The van der Waals surface area contributed by atoms with E-state index < -0.39 is 6.17 Å². The van der Waals surface area contributed by atoms with Crippen molar-refractivity contribution in [1.29, 1.82) is 5.26 Å². The maximum absolute atomic E-state index is 14.0. The van der Waals surface area contributed by atoms with Crippen molar-refractivity contribution < 1.29 is 9.13 Å². The summed E-state index contributed by atoms with van der Waals surface area (Å²) >= 11 is 6.40. The first-order valence-corrected chi connectivity index (χ1v) is 8.93. The molecule has 0 spiro atoms. The van der Waals surface area contributed by atoms with Gasteiger partial charge in [0.25, 0.3) is 0 Å². The number of aromatic nitrogens is 3. The Morgan fingerprint density at radius 3 is 3.00 bits per heavy atom. The number of hydrogen-bond acceptors (Lipinski definition) is 5. The number of fused-ring (bicyclic) bond motifs is 1. The molecule has 8 heteroatoms. The number of hydrogen-bond donors (Lipinski definition) is 1. The van der Waals surface area contributed by atoms with Gasteiger partial charge < -0.3 is 10.1 Å². The van der Waals surface area contributed by atoms with E-state index in [0.717, 1.165) is 25.0 Å². The summed E-state index contributed by atoms with van der Waals surface area (Å²) in [5.41, 5.74) is 1.89. The topological polar surface area (TPSA) is 75.2 Å². The van der Waals surface area contributed by atoms with Crippen LogP contribution in [0.3, 0.4) is 0 Å². The fourth-order valence-electron chi connectivity index (χ4n) is 3.61. The van der Waals surface area contributed by atoms with Gasteiger partial charge in [-0.15, -0.1) is 5.10 Å². The Labute approximate surface area is 149 Å². The molecular formula is C17H19ClFN5O. The number of ether oxygens (including phenoxy) is 1. The first kappa shape index (κ1) is 16.6. The number of rotatable bonds is 4. The summed E-state index contributed by atoms with van der Waals surface area (Å²) in [6.07, 6.45) is 4.01. The van der Waals surface area contributed by atoms with E-state index in [0.29, 0.717) is 35.1 Å². The highest BCUT2D eigenvalue weighted by Gasteiger charge is 2.47. The van der Waals surface area contributed by atoms with Crippen molar-refractivity contribution in [3.8, 4) is 6.07 Å². The minimum atomic E-state index is -1.10. The molecule has 4 rings (SSSR count). The second-order valence-electron chi connectivity index (χ2n) is 6.79. The van der Waals surface area contributed by atoms with Crippen molar-refractivity contribution in [3.05, 3.63) is 22.5 Å². The van der Waals surface area contributed by atoms with Crippen LogP contribution in [0.5, 0.6) is 0 Å². The van der Waals surface area contributed by atoms with Crippen LogP contribution in [0.2, 0.25) is 5.02 Å². The number of halogens is 2. The molecular weight excluding hydrogens is 345 g/mol. The molecule has 2 aliphatic rings. The van der Waals surface area contributed by atoms with Crippen LogP contribution in [0, 0.1) is 11.3 Å². The lowest BCUT2D eigenvalue weighted by Gasteiger charge is -2.26. The fraction of sp³-hybridized carbons (Fsp3) is 0.588. The third-order valence-corrected chi connectivity index (χ3v) is 5.75. The summed E-state index contributed by atoms with van der Waals surface area (Å²) in [6, 6.07) is 1.85. The summed E-state index contributed by atoms with van der Waals surface area (Å²) in [4.78, 5) is 4.27. The third-order valence-electron chi connectivity index (χ3n) is 5.37. The van der Waals surface area contributed by atoms with Crippen LogP contribution in [-0.4, -0.2) is 40.0 Å². The van der Waals surface area contributed by atoms with Crippen LogP contribution < -0.4 is 5.32 Å². The van der Waals surface area contributed by atoms with Gasteiger partial charge in [-0.05, 0) is 25.7 Å². The van der Waals surface area contributed by atoms with E-state index in [1.54, 1.807) is 10.7 Å².